The summed E-state index contributed by atoms with van der Waals surface area (Å²) in [6, 6.07) is 16.6. The fourth-order valence-corrected chi connectivity index (χ4v) is 3.64. The second-order valence-corrected chi connectivity index (χ2v) is 9.46. The van der Waals surface area contributed by atoms with Gasteiger partial charge in [-0.3, -0.25) is 4.79 Å². The van der Waals surface area contributed by atoms with Crippen molar-refractivity contribution in [2.45, 2.75) is 46.5 Å². The molecule has 0 aliphatic rings. The molecule has 0 saturated carbocycles. The summed E-state index contributed by atoms with van der Waals surface area (Å²) in [6.45, 7) is 10.5. The van der Waals surface area contributed by atoms with Crippen LogP contribution in [0.4, 0.5) is 16.3 Å². The molecule has 8 nitrogen and oxygen atoms in total. The zero-order chi connectivity index (χ0) is 25.6. The van der Waals surface area contributed by atoms with Crippen LogP contribution in [0.15, 0.2) is 54.6 Å². The maximum atomic E-state index is 13.1. The summed E-state index contributed by atoms with van der Waals surface area (Å²) < 4.78 is 7.08. The lowest BCUT2D eigenvalue weighted by atomic mass is 9.92. The molecule has 0 radical (unpaired) electrons. The van der Waals surface area contributed by atoms with Crippen LogP contribution in [0.2, 0.25) is 0 Å². The molecular formula is C27H35N5O3. The van der Waals surface area contributed by atoms with Crippen molar-refractivity contribution in [2.75, 3.05) is 30.8 Å². The van der Waals surface area contributed by atoms with Gasteiger partial charge >= 0.3 is 6.03 Å². The third-order valence-electron chi connectivity index (χ3n) is 5.55. The van der Waals surface area contributed by atoms with Crippen LogP contribution in [-0.4, -0.2) is 46.8 Å². The number of ether oxygens (including phenoxy) is 1. The van der Waals surface area contributed by atoms with E-state index in [1.54, 1.807) is 23.9 Å². The number of hydrogen-bond acceptors (Lipinski definition) is 4. The van der Waals surface area contributed by atoms with E-state index in [1.807, 2.05) is 56.3 Å². The fourth-order valence-electron chi connectivity index (χ4n) is 3.64. The molecule has 2 N–H and O–H groups in total. The van der Waals surface area contributed by atoms with E-state index in [4.69, 9.17) is 9.84 Å². The van der Waals surface area contributed by atoms with E-state index >= 15 is 0 Å². The minimum atomic E-state index is -0.366. The van der Waals surface area contributed by atoms with Crippen molar-refractivity contribution in [3.63, 3.8) is 0 Å². The Morgan fingerprint density at radius 2 is 1.74 bits per heavy atom. The second-order valence-electron chi connectivity index (χ2n) is 9.46. The SMILES string of the molecule is CCCN(CC(=O)Nc1cc(C(C)(C)C)nn1-c1ccccc1C)C(=O)Nc1ccccc1OC. The summed E-state index contributed by atoms with van der Waals surface area (Å²) in [5.74, 6) is 0.818. The molecule has 0 aliphatic carbocycles. The first-order chi connectivity index (χ1) is 16.6. The van der Waals surface area contributed by atoms with Gasteiger partial charge in [0.1, 0.15) is 18.1 Å². The molecule has 1 heterocycles. The number of carbonyl (C=O) groups excluding carboxylic acids is 2. The summed E-state index contributed by atoms with van der Waals surface area (Å²) in [6.07, 6.45) is 0.710. The lowest BCUT2D eigenvalue weighted by Gasteiger charge is -2.22. The summed E-state index contributed by atoms with van der Waals surface area (Å²) in [4.78, 5) is 27.6. The van der Waals surface area contributed by atoms with Crippen LogP contribution in [0.25, 0.3) is 5.69 Å². The van der Waals surface area contributed by atoms with Crippen molar-refractivity contribution < 1.29 is 14.3 Å². The number of anilines is 2. The van der Waals surface area contributed by atoms with Crippen molar-refractivity contribution in [3.8, 4) is 11.4 Å². The monoisotopic (exact) mass is 477 g/mol. The van der Waals surface area contributed by atoms with Gasteiger partial charge in [0.05, 0.1) is 24.2 Å². The molecule has 8 heteroatoms. The van der Waals surface area contributed by atoms with Gasteiger partial charge in [-0.15, -0.1) is 0 Å². The van der Waals surface area contributed by atoms with Gasteiger partial charge in [0.25, 0.3) is 0 Å². The van der Waals surface area contributed by atoms with Gasteiger partial charge in [0.2, 0.25) is 5.91 Å². The van der Waals surface area contributed by atoms with Gasteiger partial charge in [0.15, 0.2) is 0 Å². The maximum Gasteiger partial charge on any atom is 0.322 e. The molecule has 0 atom stereocenters. The smallest absolute Gasteiger partial charge is 0.322 e. The Hall–Kier alpha value is -3.81. The lowest BCUT2D eigenvalue weighted by molar-refractivity contribution is -0.116. The molecule has 0 fully saturated rings. The van der Waals surface area contributed by atoms with E-state index in [0.717, 1.165) is 16.9 Å². The molecule has 1 aromatic heterocycles. The largest absolute Gasteiger partial charge is 0.495 e. The zero-order valence-electron chi connectivity index (χ0n) is 21.4. The van der Waals surface area contributed by atoms with Crippen LogP contribution < -0.4 is 15.4 Å². The first-order valence-electron chi connectivity index (χ1n) is 11.8. The van der Waals surface area contributed by atoms with Crippen LogP contribution in [0.3, 0.4) is 0 Å². The predicted molar refractivity (Wildman–Crippen MR) is 140 cm³/mol. The fraction of sp³-hybridized carbons (Fsp3) is 0.370. The number of aryl methyl sites for hydroxylation is 1. The number of para-hydroxylation sites is 3. The first kappa shape index (κ1) is 25.8. The standard InChI is InChI=1S/C27H35N5O3/c1-7-16-31(26(34)28-20-13-9-11-15-22(20)35-6)18-25(33)29-24-17-23(27(3,4)5)30-32(24)21-14-10-8-12-19(21)2/h8-15,17H,7,16,18H2,1-6H3,(H,28,34)(H,29,33). The molecule has 3 aromatic rings. The summed E-state index contributed by atoms with van der Waals surface area (Å²) in [5.41, 5.74) is 3.13. The molecule has 0 unspecified atom stereocenters. The van der Waals surface area contributed by atoms with E-state index in [0.29, 0.717) is 30.2 Å². The van der Waals surface area contributed by atoms with Gasteiger partial charge in [0, 0.05) is 18.0 Å². The second kappa shape index (κ2) is 11.1. The predicted octanol–water partition coefficient (Wildman–Crippen LogP) is 5.37. The van der Waals surface area contributed by atoms with E-state index < -0.39 is 0 Å². The number of carbonyl (C=O) groups is 2. The van der Waals surface area contributed by atoms with Gasteiger partial charge in [-0.1, -0.05) is 58.0 Å². The molecule has 35 heavy (non-hydrogen) atoms. The van der Waals surface area contributed by atoms with Crippen LogP contribution in [-0.2, 0) is 10.2 Å². The first-order valence-corrected chi connectivity index (χ1v) is 11.8. The number of aromatic nitrogens is 2. The van der Waals surface area contributed by atoms with Crippen LogP contribution in [0.1, 0.15) is 45.4 Å². The molecule has 0 bridgehead atoms. The minimum absolute atomic E-state index is 0.0986. The average Bonchev–Trinajstić information content (AvgIpc) is 3.23. The molecule has 3 amide bonds. The Bertz CT molecular complexity index is 1180. The van der Waals surface area contributed by atoms with E-state index in [-0.39, 0.29) is 23.9 Å². The number of nitrogens with one attached hydrogen (secondary N) is 2. The average molecular weight is 478 g/mol. The Morgan fingerprint density at radius 1 is 1.06 bits per heavy atom. The number of rotatable bonds is 8. The maximum absolute atomic E-state index is 13.1. The minimum Gasteiger partial charge on any atom is -0.495 e. The highest BCUT2D eigenvalue weighted by atomic mass is 16.5. The zero-order valence-corrected chi connectivity index (χ0v) is 21.4. The topological polar surface area (TPSA) is 88.5 Å². The summed E-state index contributed by atoms with van der Waals surface area (Å²) in [5, 5.41) is 10.6. The Morgan fingerprint density at radius 3 is 2.40 bits per heavy atom. The van der Waals surface area contributed by atoms with Crippen molar-refractivity contribution >= 4 is 23.4 Å². The van der Waals surface area contributed by atoms with E-state index in [1.165, 1.54) is 4.90 Å². The molecule has 0 saturated heterocycles. The lowest BCUT2D eigenvalue weighted by Crippen LogP contribution is -2.41. The number of nitrogens with zero attached hydrogens (tertiary/aromatic N) is 3. The van der Waals surface area contributed by atoms with Crippen molar-refractivity contribution in [1.82, 2.24) is 14.7 Å². The molecule has 0 aliphatic heterocycles. The Labute approximate surface area is 207 Å². The highest BCUT2D eigenvalue weighted by Gasteiger charge is 2.23. The van der Waals surface area contributed by atoms with E-state index in [2.05, 4.69) is 31.4 Å². The van der Waals surface area contributed by atoms with Gasteiger partial charge in [-0.2, -0.15) is 5.10 Å². The summed E-state index contributed by atoms with van der Waals surface area (Å²) in [7, 11) is 1.55. The van der Waals surface area contributed by atoms with Crippen molar-refractivity contribution in [2.24, 2.45) is 0 Å². The van der Waals surface area contributed by atoms with E-state index in [9.17, 15) is 9.59 Å². The quantitative estimate of drug-likeness (QED) is 0.457. The molecule has 2 aromatic carbocycles. The van der Waals surface area contributed by atoms with Gasteiger partial charge in [-0.25, -0.2) is 9.48 Å². The summed E-state index contributed by atoms with van der Waals surface area (Å²) >= 11 is 0. The molecule has 186 valence electrons. The number of methoxy groups -OCH3 is 1. The molecule has 0 spiro atoms. The molecule has 3 rings (SSSR count). The van der Waals surface area contributed by atoms with Crippen molar-refractivity contribution in [1.29, 1.82) is 0 Å². The Kier molecular flexibility index (Phi) is 8.17. The van der Waals surface area contributed by atoms with Crippen LogP contribution >= 0.6 is 0 Å². The normalized spacial score (nSPS) is 11.1. The van der Waals surface area contributed by atoms with Gasteiger partial charge in [-0.05, 0) is 37.1 Å². The Balaban J connectivity index is 1.82. The third-order valence-corrected chi connectivity index (χ3v) is 5.55. The number of benzene rings is 2. The van der Waals surface area contributed by atoms with Crippen LogP contribution in [0.5, 0.6) is 5.75 Å². The van der Waals surface area contributed by atoms with Gasteiger partial charge < -0.3 is 20.3 Å². The number of urea groups is 1. The number of hydrogen-bond donors (Lipinski definition) is 2. The van der Waals surface area contributed by atoms with Crippen LogP contribution in [0, 0.1) is 6.92 Å². The van der Waals surface area contributed by atoms with Crippen molar-refractivity contribution in [3.05, 3.63) is 65.9 Å². The molecular weight excluding hydrogens is 442 g/mol. The third kappa shape index (κ3) is 6.41. The number of amides is 3. The highest BCUT2D eigenvalue weighted by molar-refractivity contribution is 5.97. The highest BCUT2D eigenvalue weighted by Crippen LogP contribution is 2.27.